The molecule has 0 spiro atoms. The van der Waals surface area contributed by atoms with Crippen LogP contribution in [0.2, 0.25) is 0 Å². The Kier molecular flexibility index (Phi) is 5.22. The number of carbonyl (C=O) groups excluding carboxylic acids is 1. The summed E-state index contributed by atoms with van der Waals surface area (Å²) in [5.74, 6) is 0.0468. The van der Waals surface area contributed by atoms with Gasteiger partial charge in [-0.3, -0.25) is 4.79 Å². The van der Waals surface area contributed by atoms with Crippen LogP contribution in [0, 0.1) is 0 Å². The first-order valence-electron chi connectivity index (χ1n) is 7.86. The Balaban J connectivity index is 2.00. The van der Waals surface area contributed by atoms with Crippen LogP contribution in [-0.2, 0) is 9.53 Å². The largest absolute Gasteiger partial charge is 0.378 e. The number of morpholine rings is 1. The van der Waals surface area contributed by atoms with Crippen molar-refractivity contribution in [1.82, 2.24) is 15.1 Å². The molecule has 1 amide bonds. The van der Waals surface area contributed by atoms with Crippen LogP contribution in [0.15, 0.2) is 40.0 Å². The van der Waals surface area contributed by atoms with Gasteiger partial charge < -0.3 is 19.9 Å². The minimum atomic E-state index is -0.239. The van der Waals surface area contributed by atoms with E-state index in [1.807, 2.05) is 48.0 Å². The van der Waals surface area contributed by atoms with Crippen molar-refractivity contribution in [2.24, 2.45) is 0 Å². The average molecular weight is 410 g/mol. The van der Waals surface area contributed by atoms with Crippen LogP contribution in [0.4, 0.5) is 0 Å². The Bertz CT molecular complexity index is 684. The molecule has 1 saturated heterocycles. The Morgan fingerprint density at radius 3 is 2.54 bits per heavy atom. The molecule has 0 aromatic heterocycles. The van der Waals surface area contributed by atoms with E-state index in [0.29, 0.717) is 31.4 Å². The molecule has 1 unspecified atom stereocenters. The molecule has 1 atom stereocenters. The van der Waals surface area contributed by atoms with Gasteiger partial charge in [-0.2, -0.15) is 0 Å². The summed E-state index contributed by atoms with van der Waals surface area (Å²) in [6.45, 7) is 4.37. The Morgan fingerprint density at radius 1 is 1.29 bits per heavy atom. The minimum absolute atomic E-state index is 0.0468. The van der Waals surface area contributed by atoms with Gasteiger partial charge in [0.25, 0.3) is 5.91 Å². The smallest absolute Gasteiger partial charge is 0.254 e. The minimum Gasteiger partial charge on any atom is -0.378 e. The Hall–Kier alpha value is -1.44. The highest BCUT2D eigenvalue weighted by Crippen LogP contribution is 2.32. The SMILES string of the molecule is CC1=C(C(=O)N2CCOCC2)C(c2ccc(Br)cc2)NC(=S)N1C. The normalized spacial score (nSPS) is 21.8. The zero-order valence-corrected chi connectivity index (χ0v) is 16.1. The molecule has 128 valence electrons. The number of amides is 1. The second-order valence-corrected chi connectivity index (χ2v) is 7.20. The number of carbonyl (C=O) groups is 1. The number of hydrogen-bond donors (Lipinski definition) is 1. The number of rotatable bonds is 2. The third-order valence-electron chi connectivity index (χ3n) is 4.49. The lowest BCUT2D eigenvalue weighted by atomic mass is 9.94. The van der Waals surface area contributed by atoms with Crippen LogP contribution >= 0.6 is 28.1 Å². The number of ether oxygens (including phenoxy) is 1. The number of nitrogens with one attached hydrogen (secondary N) is 1. The van der Waals surface area contributed by atoms with Gasteiger partial charge in [0.1, 0.15) is 0 Å². The van der Waals surface area contributed by atoms with Crippen molar-refractivity contribution in [3.05, 3.63) is 45.6 Å². The Labute approximate surface area is 155 Å². The van der Waals surface area contributed by atoms with E-state index in [-0.39, 0.29) is 11.9 Å². The van der Waals surface area contributed by atoms with E-state index in [1.54, 1.807) is 0 Å². The number of nitrogens with zero attached hydrogens (tertiary/aromatic N) is 2. The maximum absolute atomic E-state index is 13.2. The van der Waals surface area contributed by atoms with Gasteiger partial charge in [-0.05, 0) is 36.8 Å². The van der Waals surface area contributed by atoms with E-state index < -0.39 is 0 Å². The van der Waals surface area contributed by atoms with E-state index in [2.05, 4.69) is 21.2 Å². The lowest BCUT2D eigenvalue weighted by Crippen LogP contribution is -2.50. The predicted octanol–water partition coefficient (Wildman–Crippen LogP) is 2.44. The fourth-order valence-electron chi connectivity index (χ4n) is 2.95. The number of allylic oxidation sites excluding steroid dienone is 1. The monoisotopic (exact) mass is 409 g/mol. The standard InChI is InChI=1S/C17H20BrN3O2S/c1-11-14(16(22)21-7-9-23-10-8-21)15(19-17(24)20(11)2)12-3-5-13(18)6-4-12/h3-6,15H,7-10H2,1-2H3,(H,19,24). The summed E-state index contributed by atoms with van der Waals surface area (Å²) in [4.78, 5) is 16.9. The van der Waals surface area contributed by atoms with Gasteiger partial charge in [-0.1, -0.05) is 28.1 Å². The van der Waals surface area contributed by atoms with Crippen molar-refractivity contribution < 1.29 is 9.53 Å². The highest BCUT2D eigenvalue weighted by molar-refractivity contribution is 9.10. The molecule has 2 aliphatic heterocycles. The van der Waals surface area contributed by atoms with Crippen LogP contribution in [0.3, 0.4) is 0 Å². The van der Waals surface area contributed by atoms with Gasteiger partial charge in [-0.25, -0.2) is 0 Å². The first-order valence-corrected chi connectivity index (χ1v) is 9.06. The molecule has 0 radical (unpaired) electrons. The van der Waals surface area contributed by atoms with E-state index in [0.717, 1.165) is 21.3 Å². The van der Waals surface area contributed by atoms with Crippen LogP contribution in [0.25, 0.3) is 0 Å². The molecule has 2 aliphatic rings. The van der Waals surface area contributed by atoms with Crippen LogP contribution in [0.5, 0.6) is 0 Å². The van der Waals surface area contributed by atoms with Crippen LogP contribution < -0.4 is 5.32 Å². The summed E-state index contributed by atoms with van der Waals surface area (Å²) in [6, 6.07) is 7.73. The molecule has 5 nitrogen and oxygen atoms in total. The van der Waals surface area contributed by atoms with Crippen molar-refractivity contribution in [2.75, 3.05) is 33.4 Å². The number of hydrogen-bond acceptors (Lipinski definition) is 3. The molecule has 0 aliphatic carbocycles. The highest BCUT2D eigenvalue weighted by atomic mass is 79.9. The van der Waals surface area contributed by atoms with Gasteiger partial charge in [0, 0.05) is 30.3 Å². The van der Waals surface area contributed by atoms with Crippen molar-refractivity contribution in [3.63, 3.8) is 0 Å². The van der Waals surface area contributed by atoms with Gasteiger partial charge in [0.15, 0.2) is 5.11 Å². The van der Waals surface area contributed by atoms with Gasteiger partial charge in [0.2, 0.25) is 0 Å². The van der Waals surface area contributed by atoms with Crippen molar-refractivity contribution in [2.45, 2.75) is 13.0 Å². The molecule has 3 rings (SSSR count). The molecule has 0 bridgehead atoms. The first kappa shape index (κ1) is 17.4. The van der Waals surface area contributed by atoms with Gasteiger partial charge in [-0.15, -0.1) is 0 Å². The summed E-state index contributed by atoms with van der Waals surface area (Å²) >= 11 is 8.88. The van der Waals surface area contributed by atoms with Crippen molar-refractivity contribution in [3.8, 4) is 0 Å². The summed E-state index contributed by atoms with van der Waals surface area (Å²) in [5.41, 5.74) is 2.66. The average Bonchev–Trinajstić information content (AvgIpc) is 2.60. The van der Waals surface area contributed by atoms with E-state index in [1.165, 1.54) is 0 Å². The zero-order valence-electron chi connectivity index (χ0n) is 13.7. The summed E-state index contributed by atoms with van der Waals surface area (Å²) in [6.07, 6.45) is 0. The molecule has 0 saturated carbocycles. The molecule has 1 fully saturated rings. The predicted molar refractivity (Wildman–Crippen MR) is 100 cm³/mol. The van der Waals surface area contributed by atoms with Crippen LogP contribution in [0.1, 0.15) is 18.5 Å². The molecule has 7 heteroatoms. The molecule has 1 N–H and O–H groups in total. The first-order chi connectivity index (χ1) is 11.5. The Morgan fingerprint density at radius 2 is 1.92 bits per heavy atom. The molecule has 2 heterocycles. The van der Waals surface area contributed by atoms with Crippen LogP contribution in [-0.4, -0.2) is 54.2 Å². The summed E-state index contributed by atoms with van der Waals surface area (Å²) in [7, 11) is 1.88. The number of thiocarbonyl (C=S) groups is 1. The fraction of sp³-hybridized carbons (Fsp3) is 0.412. The van der Waals surface area contributed by atoms with E-state index in [4.69, 9.17) is 17.0 Å². The maximum atomic E-state index is 13.2. The molecule has 1 aromatic rings. The summed E-state index contributed by atoms with van der Waals surface area (Å²) < 4.78 is 6.37. The number of halogens is 1. The molecule has 1 aromatic carbocycles. The third-order valence-corrected chi connectivity index (χ3v) is 5.41. The van der Waals surface area contributed by atoms with Crippen molar-refractivity contribution in [1.29, 1.82) is 0 Å². The van der Waals surface area contributed by atoms with Crippen molar-refractivity contribution >= 4 is 39.2 Å². The molecular formula is C17H20BrN3O2S. The lowest BCUT2D eigenvalue weighted by Gasteiger charge is -2.38. The number of benzene rings is 1. The van der Waals surface area contributed by atoms with E-state index in [9.17, 15) is 4.79 Å². The third kappa shape index (κ3) is 3.34. The van der Waals surface area contributed by atoms with E-state index >= 15 is 0 Å². The zero-order chi connectivity index (χ0) is 17.3. The lowest BCUT2D eigenvalue weighted by molar-refractivity contribution is -0.131. The molecular weight excluding hydrogens is 390 g/mol. The molecule has 24 heavy (non-hydrogen) atoms. The summed E-state index contributed by atoms with van der Waals surface area (Å²) in [5, 5.41) is 3.93. The second kappa shape index (κ2) is 7.21. The van der Waals surface area contributed by atoms with Gasteiger partial charge >= 0.3 is 0 Å². The fourth-order valence-corrected chi connectivity index (χ4v) is 3.47. The quantitative estimate of drug-likeness (QED) is 0.759. The second-order valence-electron chi connectivity index (χ2n) is 5.90. The highest BCUT2D eigenvalue weighted by Gasteiger charge is 2.35. The van der Waals surface area contributed by atoms with Gasteiger partial charge in [0.05, 0.1) is 24.8 Å². The maximum Gasteiger partial charge on any atom is 0.254 e. The topological polar surface area (TPSA) is 44.8 Å².